The van der Waals surface area contributed by atoms with Gasteiger partial charge in [0.2, 0.25) is 0 Å². The Morgan fingerprint density at radius 2 is 2.50 bits per heavy atom. The van der Waals surface area contributed by atoms with Crippen molar-refractivity contribution in [2.45, 2.75) is 13.5 Å². The quantitative estimate of drug-likeness (QED) is 0.579. The third kappa shape index (κ3) is 2.45. The molecule has 0 radical (unpaired) electrons. The summed E-state index contributed by atoms with van der Waals surface area (Å²) in [6.07, 6.45) is 3.03. The first kappa shape index (κ1) is 12.0. The first-order valence-electron chi connectivity index (χ1n) is 5.30. The standard InChI is InChI=1S/C11H12N4O3/c1-3-6-17-11(16)10-8(2)15(14-13-10)7-9-4-5-12-18-9/h3-5H,1,6-7H2,2H3. The third-order valence-electron chi connectivity index (χ3n) is 2.31. The molecule has 0 fully saturated rings. The van der Waals surface area contributed by atoms with E-state index in [9.17, 15) is 4.79 Å². The number of hydrogen-bond acceptors (Lipinski definition) is 6. The summed E-state index contributed by atoms with van der Waals surface area (Å²) >= 11 is 0. The highest BCUT2D eigenvalue weighted by Gasteiger charge is 2.18. The number of hydrogen-bond donors (Lipinski definition) is 0. The van der Waals surface area contributed by atoms with Gasteiger partial charge in [0, 0.05) is 6.07 Å². The third-order valence-corrected chi connectivity index (χ3v) is 2.31. The molecule has 94 valence electrons. The fourth-order valence-corrected chi connectivity index (χ4v) is 1.37. The summed E-state index contributed by atoms with van der Waals surface area (Å²) in [4.78, 5) is 11.6. The van der Waals surface area contributed by atoms with Crippen LogP contribution in [-0.2, 0) is 11.3 Å². The fourth-order valence-electron chi connectivity index (χ4n) is 1.37. The van der Waals surface area contributed by atoms with Crippen molar-refractivity contribution >= 4 is 5.97 Å². The van der Waals surface area contributed by atoms with Crippen molar-refractivity contribution in [3.05, 3.63) is 42.1 Å². The van der Waals surface area contributed by atoms with Gasteiger partial charge in [0.1, 0.15) is 13.2 Å². The largest absolute Gasteiger partial charge is 0.457 e. The minimum absolute atomic E-state index is 0.146. The summed E-state index contributed by atoms with van der Waals surface area (Å²) in [5.74, 6) is 0.116. The topological polar surface area (TPSA) is 83.0 Å². The lowest BCUT2D eigenvalue weighted by atomic mass is 10.3. The van der Waals surface area contributed by atoms with E-state index in [0.717, 1.165) is 0 Å². The molecule has 0 bridgehead atoms. The van der Waals surface area contributed by atoms with Crippen LogP contribution < -0.4 is 0 Å². The molecule has 18 heavy (non-hydrogen) atoms. The molecule has 0 unspecified atom stereocenters. The van der Waals surface area contributed by atoms with E-state index in [2.05, 4.69) is 22.0 Å². The zero-order chi connectivity index (χ0) is 13.0. The van der Waals surface area contributed by atoms with Crippen LogP contribution in [0.2, 0.25) is 0 Å². The second-order valence-electron chi connectivity index (χ2n) is 3.55. The van der Waals surface area contributed by atoms with E-state index in [1.54, 1.807) is 23.9 Å². The molecule has 0 spiro atoms. The number of aromatic nitrogens is 4. The molecule has 0 amide bonds. The highest BCUT2D eigenvalue weighted by Crippen LogP contribution is 2.08. The van der Waals surface area contributed by atoms with Gasteiger partial charge in [-0.15, -0.1) is 5.10 Å². The van der Waals surface area contributed by atoms with E-state index in [0.29, 0.717) is 18.0 Å². The molecule has 2 heterocycles. The first-order valence-corrected chi connectivity index (χ1v) is 5.30. The predicted molar refractivity (Wildman–Crippen MR) is 60.8 cm³/mol. The van der Waals surface area contributed by atoms with Crippen LogP contribution >= 0.6 is 0 Å². The molecular weight excluding hydrogens is 236 g/mol. The van der Waals surface area contributed by atoms with E-state index in [4.69, 9.17) is 9.26 Å². The zero-order valence-corrected chi connectivity index (χ0v) is 9.87. The molecule has 0 aromatic carbocycles. The molecule has 0 saturated heterocycles. The van der Waals surface area contributed by atoms with Gasteiger partial charge in [-0.3, -0.25) is 0 Å². The Bertz CT molecular complexity index is 545. The molecule has 2 rings (SSSR count). The minimum Gasteiger partial charge on any atom is -0.457 e. The van der Waals surface area contributed by atoms with Crippen LogP contribution in [0, 0.1) is 6.92 Å². The van der Waals surface area contributed by atoms with E-state index < -0.39 is 5.97 Å². The maximum absolute atomic E-state index is 11.6. The van der Waals surface area contributed by atoms with E-state index in [1.165, 1.54) is 6.08 Å². The minimum atomic E-state index is -0.517. The number of rotatable bonds is 5. The summed E-state index contributed by atoms with van der Waals surface area (Å²) in [5, 5.41) is 11.3. The Morgan fingerprint density at radius 1 is 1.67 bits per heavy atom. The Hall–Kier alpha value is -2.44. The summed E-state index contributed by atoms with van der Waals surface area (Å²) in [6.45, 7) is 5.72. The van der Waals surface area contributed by atoms with Crippen LogP contribution in [0.3, 0.4) is 0 Å². The lowest BCUT2D eigenvalue weighted by Crippen LogP contribution is -2.09. The maximum atomic E-state index is 11.6. The summed E-state index contributed by atoms with van der Waals surface area (Å²) in [5.41, 5.74) is 0.803. The van der Waals surface area contributed by atoms with Crippen molar-refractivity contribution in [3.8, 4) is 0 Å². The van der Waals surface area contributed by atoms with Crippen LogP contribution in [0.15, 0.2) is 29.4 Å². The van der Waals surface area contributed by atoms with E-state index in [-0.39, 0.29) is 12.3 Å². The van der Waals surface area contributed by atoms with Gasteiger partial charge in [0.15, 0.2) is 11.5 Å². The van der Waals surface area contributed by atoms with Crippen molar-refractivity contribution in [1.29, 1.82) is 0 Å². The number of carbonyl (C=O) groups is 1. The van der Waals surface area contributed by atoms with Crippen LogP contribution in [0.25, 0.3) is 0 Å². The van der Waals surface area contributed by atoms with Crippen LogP contribution in [0.1, 0.15) is 21.9 Å². The van der Waals surface area contributed by atoms with Crippen molar-refractivity contribution in [2.75, 3.05) is 6.61 Å². The number of ether oxygens (including phenoxy) is 1. The lowest BCUT2D eigenvalue weighted by molar-refractivity contribution is 0.0542. The Balaban J connectivity index is 2.13. The van der Waals surface area contributed by atoms with Crippen molar-refractivity contribution in [1.82, 2.24) is 20.2 Å². The SMILES string of the molecule is C=CCOC(=O)c1nnn(Cc2ccno2)c1C. The van der Waals surface area contributed by atoms with Gasteiger partial charge in [0.25, 0.3) is 0 Å². The highest BCUT2D eigenvalue weighted by molar-refractivity contribution is 5.88. The maximum Gasteiger partial charge on any atom is 0.361 e. The number of esters is 1. The molecule has 0 aliphatic carbocycles. The number of nitrogens with zero attached hydrogens (tertiary/aromatic N) is 4. The summed E-state index contributed by atoms with van der Waals surface area (Å²) < 4.78 is 11.4. The molecule has 0 aliphatic heterocycles. The number of carbonyl (C=O) groups excluding carboxylic acids is 1. The smallest absolute Gasteiger partial charge is 0.361 e. The van der Waals surface area contributed by atoms with Crippen molar-refractivity contribution < 1.29 is 14.1 Å². The molecule has 0 saturated carbocycles. The Labute approximate surface area is 103 Å². The Morgan fingerprint density at radius 3 is 3.17 bits per heavy atom. The van der Waals surface area contributed by atoms with Gasteiger partial charge in [-0.2, -0.15) is 0 Å². The van der Waals surface area contributed by atoms with E-state index in [1.807, 2.05) is 0 Å². The van der Waals surface area contributed by atoms with Gasteiger partial charge in [-0.25, -0.2) is 9.48 Å². The highest BCUT2D eigenvalue weighted by atomic mass is 16.5. The monoisotopic (exact) mass is 248 g/mol. The molecule has 0 N–H and O–H groups in total. The van der Waals surface area contributed by atoms with Gasteiger partial charge in [0.05, 0.1) is 11.9 Å². The Kier molecular flexibility index (Phi) is 3.52. The van der Waals surface area contributed by atoms with Gasteiger partial charge in [-0.1, -0.05) is 23.0 Å². The second-order valence-corrected chi connectivity index (χ2v) is 3.55. The summed E-state index contributed by atoms with van der Waals surface area (Å²) in [7, 11) is 0. The molecule has 0 atom stereocenters. The fraction of sp³-hybridized carbons (Fsp3) is 0.273. The molecule has 2 aromatic rings. The van der Waals surface area contributed by atoms with Crippen LogP contribution in [0.4, 0.5) is 0 Å². The summed E-state index contributed by atoms with van der Waals surface area (Å²) in [6, 6.07) is 1.72. The molecule has 0 aliphatic rings. The molecule has 2 aromatic heterocycles. The molecule has 7 heteroatoms. The van der Waals surface area contributed by atoms with Crippen molar-refractivity contribution in [2.24, 2.45) is 0 Å². The second kappa shape index (κ2) is 5.26. The predicted octanol–water partition coefficient (Wildman–Crippen LogP) is 0.966. The van der Waals surface area contributed by atoms with Gasteiger partial charge >= 0.3 is 5.97 Å². The molecular formula is C11H12N4O3. The van der Waals surface area contributed by atoms with Crippen LogP contribution in [0.5, 0.6) is 0 Å². The van der Waals surface area contributed by atoms with Gasteiger partial charge < -0.3 is 9.26 Å². The average Bonchev–Trinajstić information content (AvgIpc) is 2.98. The average molecular weight is 248 g/mol. The first-order chi connectivity index (χ1) is 8.72. The normalized spacial score (nSPS) is 10.3. The van der Waals surface area contributed by atoms with Crippen LogP contribution in [-0.4, -0.2) is 32.7 Å². The van der Waals surface area contributed by atoms with Gasteiger partial charge in [-0.05, 0) is 6.92 Å². The van der Waals surface area contributed by atoms with E-state index >= 15 is 0 Å². The lowest BCUT2D eigenvalue weighted by Gasteiger charge is -2.01. The zero-order valence-electron chi connectivity index (χ0n) is 9.87. The van der Waals surface area contributed by atoms with Crippen molar-refractivity contribution in [3.63, 3.8) is 0 Å². The molecule has 7 nitrogen and oxygen atoms in total.